The summed E-state index contributed by atoms with van der Waals surface area (Å²) in [7, 11) is 1.33. The first-order valence-corrected chi connectivity index (χ1v) is 5.47. The van der Waals surface area contributed by atoms with Gasteiger partial charge in [0.05, 0.1) is 18.5 Å². The van der Waals surface area contributed by atoms with Crippen molar-refractivity contribution in [3.8, 4) is 0 Å². The molecule has 0 spiro atoms. The Bertz CT molecular complexity index is 235. The average molecular weight is 265 g/mol. The Kier molecular flexibility index (Phi) is 4.19. The lowest BCUT2D eigenvalue weighted by molar-refractivity contribution is -0.127. The number of alkyl carbamates (subject to hydrolysis) is 1. The summed E-state index contributed by atoms with van der Waals surface area (Å²) in [4.78, 5) is 23.8. The Morgan fingerprint density at radius 3 is 2.93 bits per heavy atom. The number of methoxy groups -OCH3 is 1. The van der Waals surface area contributed by atoms with Crippen LogP contribution in [0.4, 0.5) is 4.79 Å². The fourth-order valence-electron chi connectivity index (χ4n) is 1.41. The summed E-state index contributed by atoms with van der Waals surface area (Å²) in [6.45, 7) is 1.26. The fraction of sp³-hybridized carbons (Fsp3) is 0.750. The van der Waals surface area contributed by atoms with Crippen molar-refractivity contribution in [3.63, 3.8) is 0 Å². The van der Waals surface area contributed by atoms with Gasteiger partial charge in [-0.05, 0) is 6.42 Å². The summed E-state index contributed by atoms with van der Waals surface area (Å²) in [5.74, 6) is 0.0548. The summed E-state index contributed by atoms with van der Waals surface area (Å²) in [5.41, 5.74) is 0. The van der Waals surface area contributed by atoms with Crippen LogP contribution in [0.15, 0.2) is 0 Å². The molecule has 5 nitrogen and oxygen atoms in total. The predicted molar refractivity (Wildman–Crippen MR) is 54.3 cm³/mol. The van der Waals surface area contributed by atoms with Crippen LogP contribution in [0.5, 0.6) is 0 Å². The third-order valence-electron chi connectivity index (χ3n) is 2.16. The Balaban J connectivity index is 2.34. The number of amides is 2. The van der Waals surface area contributed by atoms with Crippen LogP contribution in [0.1, 0.15) is 6.42 Å². The molecule has 0 aromatic heterocycles. The van der Waals surface area contributed by atoms with Crippen LogP contribution in [-0.2, 0) is 9.53 Å². The van der Waals surface area contributed by atoms with Crippen molar-refractivity contribution in [2.24, 2.45) is 0 Å². The molecule has 1 rings (SSSR count). The number of carbonyl (C=O) groups is 2. The van der Waals surface area contributed by atoms with Crippen LogP contribution in [0, 0.1) is 0 Å². The molecule has 1 heterocycles. The summed E-state index contributed by atoms with van der Waals surface area (Å²) in [5, 5.41) is 3.00. The first kappa shape index (κ1) is 11.3. The molecule has 1 unspecified atom stereocenters. The van der Waals surface area contributed by atoms with E-state index < -0.39 is 6.09 Å². The number of likely N-dealkylation sites (tertiary alicyclic amines) is 1. The van der Waals surface area contributed by atoms with E-state index in [9.17, 15) is 9.59 Å². The van der Waals surface area contributed by atoms with Gasteiger partial charge in [-0.3, -0.25) is 4.79 Å². The predicted octanol–water partition coefficient (Wildman–Crippen LogP) is 0.338. The number of nitrogens with one attached hydrogen (secondary N) is 1. The molecule has 0 radical (unpaired) electrons. The van der Waals surface area contributed by atoms with Gasteiger partial charge in [-0.2, -0.15) is 0 Å². The van der Waals surface area contributed by atoms with E-state index in [1.807, 2.05) is 0 Å². The first-order valence-electron chi connectivity index (χ1n) is 4.35. The van der Waals surface area contributed by atoms with Crippen LogP contribution in [0.2, 0.25) is 0 Å². The van der Waals surface area contributed by atoms with Crippen LogP contribution in [-0.4, -0.2) is 48.5 Å². The van der Waals surface area contributed by atoms with Crippen LogP contribution < -0.4 is 5.32 Å². The zero-order valence-electron chi connectivity index (χ0n) is 7.96. The molecule has 80 valence electrons. The van der Waals surface area contributed by atoms with Gasteiger partial charge in [-0.15, -0.1) is 0 Å². The molecule has 0 aliphatic carbocycles. The van der Waals surface area contributed by atoms with E-state index in [4.69, 9.17) is 0 Å². The third kappa shape index (κ3) is 2.87. The van der Waals surface area contributed by atoms with Gasteiger partial charge in [0.15, 0.2) is 0 Å². The number of ether oxygens (including phenoxy) is 1. The quantitative estimate of drug-likeness (QED) is 0.732. The molecule has 0 saturated carbocycles. The van der Waals surface area contributed by atoms with E-state index in [0.717, 1.165) is 6.42 Å². The highest BCUT2D eigenvalue weighted by Crippen LogP contribution is 2.10. The van der Waals surface area contributed by atoms with Gasteiger partial charge in [-0.1, -0.05) is 15.9 Å². The van der Waals surface area contributed by atoms with Crippen molar-refractivity contribution in [2.75, 3.05) is 25.5 Å². The SMILES string of the molecule is COC(=O)NC1CCN(C(=O)CBr)C1. The molecular formula is C8H13BrN2O3. The number of alkyl halides is 1. The Hall–Kier alpha value is -0.780. The van der Waals surface area contributed by atoms with Gasteiger partial charge >= 0.3 is 6.09 Å². The van der Waals surface area contributed by atoms with Crippen molar-refractivity contribution in [3.05, 3.63) is 0 Å². The molecule has 0 bridgehead atoms. The van der Waals surface area contributed by atoms with Gasteiger partial charge in [-0.25, -0.2) is 4.79 Å². The first-order chi connectivity index (χ1) is 6.67. The Labute approximate surface area is 90.9 Å². The van der Waals surface area contributed by atoms with E-state index in [2.05, 4.69) is 26.0 Å². The number of rotatable bonds is 2. The minimum absolute atomic E-state index is 0.0189. The topological polar surface area (TPSA) is 58.6 Å². The van der Waals surface area contributed by atoms with Crippen LogP contribution >= 0.6 is 15.9 Å². The number of halogens is 1. The van der Waals surface area contributed by atoms with E-state index >= 15 is 0 Å². The Morgan fingerprint density at radius 1 is 1.64 bits per heavy atom. The minimum atomic E-state index is -0.442. The summed E-state index contributed by atoms with van der Waals surface area (Å²) < 4.78 is 4.47. The van der Waals surface area contributed by atoms with Gasteiger partial charge in [0.25, 0.3) is 0 Å². The normalized spacial score (nSPS) is 20.7. The highest BCUT2D eigenvalue weighted by Gasteiger charge is 2.26. The molecule has 1 N–H and O–H groups in total. The smallest absolute Gasteiger partial charge is 0.407 e. The lowest BCUT2D eigenvalue weighted by Crippen LogP contribution is -2.38. The lowest BCUT2D eigenvalue weighted by Gasteiger charge is -2.15. The second kappa shape index (κ2) is 5.19. The fourth-order valence-corrected chi connectivity index (χ4v) is 1.77. The van der Waals surface area contributed by atoms with Gasteiger partial charge in [0.1, 0.15) is 0 Å². The largest absolute Gasteiger partial charge is 0.453 e. The second-order valence-corrected chi connectivity index (χ2v) is 3.66. The van der Waals surface area contributed by atoms with Crippen molar-refractivity contribution < 1.29 is 14.3 Å². The Morgan fingerprint density at radius 2 is 2.36 bits per heavy atom. The molecule has 1 atom stereocenters. The molecule has 14 heavy (non-hydrogen) atoms. The molecule has 6 heteroatoms. The summed E-state index contributed by atoms with van der Waals surface area (Å²) >= 11 is 3.11. The summed E-state index contributed by atoms with van der Waals surface area (Å²) in [6, 6.07) is 0.0189. The third-order valence-corrected chi connectivity index (χ3v) is 2.64. The van der Waals surface area contributed by atoms with Crippen molar-refractivity contribution in [1.29, 1.82) is 0 Å². The molecule has 1 aliphatic rings. The molecule has 1 fully saturated rings. The zero-order valence-corrected chi connectivity index (χ0v) is 9.54. The van der Waals surface area contributed by atoms with Gasteiger partial charge < -0.3 is 15.0 Å². The minimum Gasteiger partial charge on any atom is -0.453 e. The number of nitrogens with zero attached hydrogens (tertiary/aromatic N) is 1. The number of hydrogen-bond acceptors (Lipinski definition) is 3. The zero-order chi connectivity index (χ0) is 10.6. The average Bonchev–Trinajstić information content (AvgIpc) is 2.65. The van der Waals surface area contributed by atoms with Crippen molar-refractivity contribution >= 4 is 27.9 Å². The lowest BCUT2D eigenvalue weighted by atomic mass is 10.3. The van der Waals surface area contributed by atoms with Crippen LogP contribution in [0.3, 0.4) is 0 Å². The van der Waals surface area contributed by atoms with Crippen LogP contribution in [0.25, 0.3) is 0 Å². The molecule has 0 aromatic rings. The molecule has 1 aliphatic heterocycles. The monoisotopic (exact) mass is 264 g/mol. The number of carbonyl (C=O) groups excluding carboxylic acids is 2. The second-order valence-electron chi connectivity index (χ2n) is 3.09. The molecule has 2 amide bonds. The van der Waals surface area contributed by atoms with Gasteiger partial charge in [0.2, 0.25) is 5.91 Å². The van der Waals surface area contributed by atoms with E-state index in [1.54, 1.807) is 4.90 Å². The van der Waals surface area contributed by atoms with Crippen molar-refractivity contribution in [2.45, 2.75) is 12.5 Å². The molecule has 1 saturated heterocycles. The highest BCUT2D eigenvalue weighted by molar-refractivity contribution is 9.09. The van der Waals surface area contributed by atoms with E-state index in [1.165, 1.54) is 7.11 Å². The van der Waals surface area contributed by atoms with Crippen molar-refractivity contribution in [1.82, 2.24) is 10.2 Å². The summed E-state index contributed by atoms with van der Waals surface area (Å²) in [6.07, 6.45) is 0.344. The van der Waals surface area contributed by atoms with E-state index in [0.29, 0.717) is 18.4 Å². The standard InChI is InChI=1S/C8H13BrN2O3/c1-14-8(13)10-6-2-3-11(5-6)7(12)4-9/h6H,2-5H2,1H3,(H,10,13). The maximum absolute atomic E-state index is 11.3. The number of hydrogen-bond donors (Lipinski definition) is 1. The maximum Gasteiger partial charge on any atom is 0.407 e. The van der Waals surface area contributed by atoms with E-state index in [-0.39, 0.29) is 11.9 Å². The molecule has 0 aromatic carbocycles. The highest BCUT2D eigenvalue weighted by atomic mass is 79.9. The molecular weight excluding hydrogens is 252 g/mol. The maximum atomic E-state index is 11.3. The van der Waals surface area contributed by atoms with Gasteiger partial charge in [0, 0.05) is 13.1 Å².